The van der Waals surface area contributed by atoms with E-state index in [2.05, 4.69) is 6.92 Å². The molecule has 5 heteroatoms. The average Bonchev–Trinajstić information content (AvgIpc) is 2.95. The maximum absolute atomic E-state index is 11.6. The molecule has 0 saturated carbocycles. The minimum atomic E-state index is -3.38. The first kappa shape index (κ1) is 12.3. The second kappa shape index (κ2) is 5.02. The molecule has 2 saturated heterocycles. The standard InChI is InChI=1S/C11H21NO3S/c1-2-3-4-5-7-10-11-8-6-9-15-16(13,14)12(10)11/h10-11H,2-9H2,1H3. The first-order valence-corrected chi connectivity index (χ1v) is 7.71. The second-order valence-corrected chi connectivity index (χ2v) is 6.25. The Hall–Kier alpha value is -0.130. The van der Waals surface area contributed by atoms with Gasteiger partial charge >= 0.3 is 10.3 Å². The number of hydrogen-bond acceptors (Lipinski definition) is 3. The molecule has 2 rings (SSSR count). The Morgan fingerprint density at radius 3 is 2.88 bits per heavy atom. The summed E-state index contributed by atoms with van der Waals surface area (Å²) >= 11 is 0. The number of rotatable bonds is 5. The Bertz CT molecular complexity index is 328. The van der Waals surface area contributed by atoms with Crippen molar-refractivity contribution in [2.45, 2.75) is 64.0 Å². The number of fused-ring (bicyclic) bond motifs is 1. The first-order chi connectivity index (χ1) is 7.67. The van der Waals surface area contributed by atoms with Gasteiger partial charge < -0.3 is 0 Å². The van der Waals surface area contributed by atoms with E-state index >= 15 is 0 Å². The van der Waals surface area contributed by atoms with Crippen molar-refractivity contribution < 1.29 is 12.6 Å². The molecule has 2 heterocycles. The van der Waals surface area contributed by atoms with Gasteiger partial charge in [0.25, 0.3) is 0 Å². The molecule has 0 aliphatic carbocycles. The van der Waals surface area contributed by atoms with Crippen LogP contribution in [0.2, 0.25) is 0 Å². The van der Waals surface area contributed by atoms with E-state index in [9.17, 15) is 8.42 Å². The summed E-state index contributed by atoms with van der Waals surface area (Å²) in [7, 11) is -3.38. The lowest BCUT2D eigenvalue weighted by atomic mass is 10.1. The van der Waals surface area contributed by atoms with Gasteiger partial charge in [-0.1, -0.05) is 32.6 Å². The highest BCUT2D eigenvalue weighted by molar-refractivity contribution is 7.84. The molecule has 4 nitrogen and oxygen atoms in total. The average molecular weight is 247 g/mol. The van der Waals surface area contributed by atoms with E-state index < -0.39 is 10.3 Å². The SMILES string of the molecule is CCCCCCC1C2CCCOS(=O)(=O)N12. The van der Waals surface area contributed by atoms with Crippen LogP contribution in [-0.2, 0) is 14.5 Å². The Kier molecular flexibility index (Phi) is 3.87. The van der Waals surface area contributed by atoms with E-state index in [0.29, 0.717) is 6.61 Å². The second-order valence-electron chi connectivity index (χ2n) is 4.74. The Balaban J connectivity index is 1.81. The van der Waals surface area contributed by atoms with Crippen LogP contribution in [-0.4, -0.2) is 31.4 Å². The van der Waals surface area contributed by atoms with Crippen LogP contribution in [0.1, 0.15) is 51.9 Å². The number of unbranched alkanes of at least 4 members (excludes halogenated alkanes) is 3. The van der Waals surface area contributed by atoms with E-state index in [1.54, 1.807) is 4.31 Å². The third-order valence-electron chi connectivity index (χ3n) is 3.50. The number of nitrogens with zero attached hydrogens (tertiary/aromatic N) is 1. The quantitative estimate of drug-likeness (QED) is 0.552. The Labute approximate surface area is 98.2 Å². The zero-order valence-electron chi connectivity index (χ0n) is 9.89. The normalized spacial score (nSPS) is 36.4. The van der Waals surface area contributed by atoms with Crippen molar-refractivity contribution in [3.05, 3.63) is 0 Å². The third-order valence-corrected chi connectivity index (χ3v) is 5.02. The van der Waals surface area contributed by atoms with Crippen molar-refractivity contribution in [1.82, 2.24) is 4.31 Å². The highest BCUT2D eigenvalue weighted by atomic mass is 32.2. The van der Waals surface area contributed by atoms with Crippen molar-refractivity contribution in [3.63, 3.8) is 0 Å². The molecule has 0 aromatic rings. The molecule has 0 aromatic heterocycles. The summed E-state index contributed by atoms with van der Waals surface area (Å²) in [6.07, 6.45) is 7.67. The Morgan fingerprint density at radius 1 is 1.31 bits per heavy atom. The van der Waals surface area contributed by atoms with Crippen molar-refractivity contribution in [3.8, 4) is 0 Å². The van der Waals surface area contributed by atoms with Gasteiger partial charge in [0, 0.05) is 12.1 Å². The largest absolute Gasteiger partial charge is 0.339 e. The Morgan fingerprint density at radius 2 is 2.12 bits per heavy atom. The van der Waals surface area contributed by atoms with Crippen LogP contribution in [0, 0.1) is 0 Å². The summed E-state index contributed by atoms with van der Waals surface area (Å²) in [6, 6.07) is 0.483. The smallest absolute Gasteiger partial charge is 0.258 e. The highest BCUT2D eigenvalue weighted by Crippen LogP contribution is 2.41. The molecule has 2 aliphatic heterocycles. The molecule has 3 unspecified atom stereocenters. The van der Waals surface area contributed by atoms with E-state index in [0.717, 1.165) is 25.7 Å². The topological polar surface area (TPSA) is 46.4 Å². The predicted molar refractivity (Wildman–Crippen MR) is 62.3 cm³/mol. The van der Waals surface area contributed by atoms with E-state index in [1.807, 2.05) is 0 Å². The van der Waals surface area contributed by atoms with Crippen LogP contribution in [0.3, 0.4) is 0 Å². The summed E-state index contributed by atoms with van der Waals surface area (Å²) in [6.45, 7) is 2.54. The monoisotopic (exact) mass is 247 g/mol. The predicted octanol–water partition coefficient (Wildman–Crippen LogP) is 2.06. The van der Waals surface area contributed by atoms with Crippen molar-refractivity contribution >= 4 is 10.3 Å². The lowest BCUT2D eigenvalue weighted by Crippen LogP contribution is -2.17. The fourth-order valence-corrected chi connectivity index (χ4v) is 4.13. The van der Waals surface area contributed by atoms with Crippen LogP contribution >= 0.6 is 0 Å². The molecule has 16 heavy (non-hydrogen) atoms. The zero-order chi connectivity index (χ0) is 11.6. The van der Waals surface area contributed by atoms with E-state index in [1.165, 1.54) is 19.3 Å². The van der Waals surface area contributed by atoms with Gasteiger partial charge in [-0.3, -0.25) is 4.18 Å². The molecule has 94 valence electrons. The van der Waals surface area contributed by atoms with Crippen molar-refractivity contribution in [2.24, 2.45) is 0 Å². The van der Waals surface area contributed by atoms with Crippen LogP contribution in [0.15, 0.2) is 0 Å². The molecule has 2 aliphatic rings. The van der Waals surface area contributed by atoms with Crippen LogP contribution in [0.25, 0.3) is 0 Å². The van der Waals surface area contributed by atoms with Crippen LogP contribution in [0.5, 0.6) is 0 Å². The number of hydrogen-bond donors (Lipinski definition) is 0. The van der Waals surface area contributed by atoms with Gasteiger partial charge in [0.2, 0.25) is 0 Å². The van der Waals surface area contributed by atoms with Crippen molar-refractivity contribution in [1.29, 1.82) is 0 Å². The molecule has 0 spiro atoms. The lowest BCUT2D eigenvalue weighted by Gasteiger charge is -2.04. The van der Waals surface area contributed by atoms with Gasteiger partial charge in [0.15, 0.2) is 0 Å². The summed E-state index contributed by atoms with van der Waals surface area (Å²) in [5.74, 6) is 0. The van der Waals surface area contributed by atoms with Gasteiger partial charge in [0.05, 0.1) is 6.61 Å². The highest BCUT2D eigenvalue weighted by Gasteiger charge is 2.55. The van der Waals surface area contributed by atoms with Gasteiger partial charge in [-0.05, 0) is 19.3 Å². The summed E-state index contributed by atoms with van der Waals surface area (Å²) in [5.41, 5.74) is 0. The van der Waals surface area contributed by atoms with Gasteiger partial charge in [-0.15, -0.1) is 0 Å². The zero-order valence-corrected chi connectivity index (χ0v) is 10.7. The lowest BCUT2D eigenvalue weighted by molar-refractivity contribution is 0.301. The van der Waals surface area contributed by atoms with Gasteiger partial charge in [0.1, 0.15) is 0 Å². The van der Waals surface area contributed by atoms with Gasteiger partial charge in [-0.25, -0.2) is 0 Å². The van der Waals surface area contributed by atoms with E-state index in [-0.39, 0.29) is 12.1 Å². The summed E-state index contributed by atoms with van der Waals surface area (Å²) in [5, 5.41) is 0. The summed E-state index contributed by atoms with van der Waals surface area (Å²) in [4.78, 5) is 0. The molecule has 0 N–H and O–H groups in total. The molecule has 2 fully saturated rings. The van der Waals surface area contributed by atoms with Crippen LogP contribution in [0.4, 0.5) is 0 Å². The van der Waals surface area contributed by atoms with Crippen molar-refractivity contribution in [2.75, 3.05) is 6.61 Å². The fraction of sp³-hybridized carbons (Fsp3) is 1.00. The minimum Gasteiger partial charge on any atom is -0.258 e. The molecular weight excluding hydrogens is 226 g/mol. The summed E-state index contributed by atoms with van der Waals surface area (Å²) < 4.78 is 29.8. The van der Waals surface area contributed by atoms with Crippen LogP contribution < -0.4 is 0 Å². The minimum absolute atomic E-state index is 0.238. The molecule has 0 bridgehead atoms. The fourth-order valence-electron chi connectivity index (χ4n) is 2.58. The molecule has 0 radical (unpaired) electrons. The maximum Gasteiger partial charge on any atom is 0.339 e. The molecule has 3 atom stereocenters. The molecule has 0 amide bonds. The van der Waals surface area contributed by atoms with Gasteiger partial charge in [-0.2, -0.15) is 12.7 Å². The molecule has 0 aromatic carbocycles. The van der Waals surface area contributed by atoms with E-state index in [4.69, 9.17) is 4.18 Å². The first-order valence-electron chi connectivity index (χ1n) is 6.34. The molecular formula is C11H21NO3S. The maximum atomic E-state index is 11.6. The third kappa shape index (κ3) is 2.57.